The molecule has 2 N–H and O–H groups in total. The number of hydrogen-bond acceptors (Lipinski definition) is 5. The molecule has 31 heavy (non-hydrogen) atoms. The number of carbonyl (C=O) groups is 3. The molecule has 0 spiro atoms. The normalized spacial score (nSPS) is 10.5. The number of benzene rings is 3. The zero-order valence-corrected chi connectivity index (χ0v) is 16.6. The van der Waals surface area contributed by atoms with Crippen molar-refractivity contribution < 1.29 is 23.5 Å². The third-order valence-corrected chi connectivity index (χ3v) is 4.12. The number of esters is 1. The van der Waals surface area contributed by atoms with E-state index >= 15 is 0 Å². The highest BCUT2D eigenvalue weighted by Crippen LogP contribution is 2.19. The van der Waals surface area contributed by atoms with E-state index in [-0.39, 0.29) is 17.0 Å². The third-order valence-electron chi connectivity index (χ3n) is 3.88. The average Bonchev–Trinajstić information content (AvgIpc) is 2.76. The number of halogens is 2. The van der Waals surface area contributed by atoms with Crippen molar-refractivity contribution in [3.63, 3.8) is 0 Å². The lowest BCUT2D eigenvalue weighted by Gasteiger charge is -2.07. The smallest absolute Gasteiger partial charge is 0.343 e. The van der Waals surface area contributed by atoms with Gasteiger partial charge in [0.05, 0.1) is 17.5 Å². The molecule has 3 aromatic rings. The van der Waals surface area contributed by atoms with Gasteiger partial charge in [0, 0.05) is 10.6 Å². The molecule has 0 heterocycles. The Morgan fingerprint density at radius 2 is 1.68 bits per heavy atom. The number of hydrogen-bond donors (Lipinski definition) is 2. The van der Waals surface area contributed by atoms with E-state index in [2.05, 4.69) is 10.4 Å². The van der Waals surface area contributed by atoms with Gasteiger partial charge in [0.15, 0.2) is 0 Å². The first kappa shape index (κ1) is 21.7. The van der Waals surface area contributed by atoms with Crippen LogP contribution in [0.25, 0.3) is 0 Å². The maximum atomic E-state index is 13.6. The lowest BCUT2D eigenvalue weighted by molar-refractivity contribution is -0.136. The van der Waals surface area contributed by atoms with Crippen LogP contribution in [0, 0.1) is 5.82 Å². The van der Waals surface area contributed by atoms with E-state index in [4.69, 9.17) is 16.3 Å². The molecule has 0 atom stereocenters. The Morgan fingerprint density at radius 3 is 2.45 bits per heavy atom. The number of ether oxygens (including phenoxy) is 1. The van der Waals surface area contributed by atoms with Crippen molar-refractivity contribution in [1.29, 1.82) is 0 Å². The summed E-state index contributed by atoms with van der Waals surface area (Å²) >= 11 is 5.88. The van der Waals surface area contributed by atoms with Gasteiger partial charge < -0.3 is 10.1 Å². The molecule has 9 heteroatoms. The van der Waals surface area contributed by atoms with Crippen molar-refractivity contribution >= 4 is 41.3 Å². The number of amides is 2. The van der Waals surface area contributed by atoms with Gasteiger partial charge in [-0.05, 0) is 42.5 Å². The van der Waals surface area contributed by atoms with Crippen LogP contribution in [-0.4, -0.2) is 24.0 Å². The second kappa shape index (κ2) is 10.1. The molecule has 0 aliphatic rings. The van der Waals surface area contributed by atoms with Crippen LogP contribution < -0.4 is 15.5 Å². The number of carbonyl (C=O) groups excluding carboxylic acids is 3. The Morgan fingerprint density at radius 1 is 0.935 bits per heavy atom. The van der Waals surface area contributed by atoms with E-state index in [1.54, 1.807) is 36.4 Å². The minimum atomic E-state index is -1.10. The summed E-state index contributed by atoms with van der Waals surface area (Å²) in [5, 5.41) is 6.22. The minimum Gasteiger partial charge on any atom is -0.422 e. The van der Waals surface area contributed by atoms with Gasteiger partial charge in [-0.25, -0.2) is 14.6 Å². The number of nitrogens with zero attached hydrogens (tertiary/aromatic N) is 1. The highest BCUT2D eigenvalue weighted by Gasteiger charge is 2.15. The molecule has 3 rings (SSSR count). The molecule has 0 bridgehead atoms. The van der Waals surface area contributed by atoms with Crippen molar-refractivity contribution in [3.05, 3.63) is 94.8 Å². The van der Waals surface area contributed by atoms with Gasteiger partial charge in [0.1, 0.15) is 11.6 Å². The fourth-order valence-electron chi connectivity index (χ4n) is 2.41. The molecular formula is C22H15ClFN3O4. The van der Waals surface area contributed by atoms with Gasteiger partial charge >= 0.3 is 17.8 Å². The van der Waals surface area contributed by atoms with Crippen molar-refractivity contribution in [2.24, 2.45) is 5.10 Å². The van der Waals surface area contributed by atoms with Crippen LogP contribution in [-0.2, 0) is 9.59 Å². The molecule has 0 aliphatic carbocycles. The fourth-order valence-corrected chi connectivity index (χ4v) is 2.60. The van der Waals surface area contributed by atoms with Crippen LogP contribution in [0.15, 0.2) is 77.9 Å². The zero-order chi connectivity index (χ0) is 22.2. The second-order valence-corrected chi connectivity index (χ2v) is 6.51. The van der Waals surface area contributed by atoms with Gasteiger partial charge in [-0.15, -0.1) is 0 Å². The summed E-state index contributed by atoms with van der Waals surface area (Å²) in [6, 6.07) is 18.1. The van der Waals surface area contributed by atoms with Crippen LogP contribution in [0.4, 0.5) is 10.1 Å². The lowest BCUT2D eigenvalue weighted by Crippen LogP contribution is -2.32. The highest BCUT2D eigenvalue weighted by atomic mass is 35.5. The van der Waals surface area contributed by atoms with Crippen molar-refractivity contribution in [1.82, 2.24) is 5.43 Å². The maximum absolute atomic E-state index is 13.6. The Bertz CT molecular complexity index is 1170. The number of rotatable bonds is 5. The summed E-state index contributed by atoms with van der Waals surface area (Å²) in [6.07, 6.45) is 1.20. The van der Waals surface area contributed by atoms with Gasteiger partial charge in [-0.2, -0.15) is 5.10 Å². The van der Waals surface area contributed by atoms with Crippen molar-refractivity contribution in [3.8, 4) is 5.75 Å². The molecule has 0 radical (unpaired) electrons. The summed E-state index contributed by atoms with van der Waals surface area (Å²) in [6.45, 7) is 0. The monoisotopic (exact) mass is 439 g/mol. The van der Waals surface area contributed by atoms with E-state index in [0.29, 0.717) is 10.6 Å². The van der Waals surface area contributed by atoms with Crippen molar-refractivity contribution in [2.75, 3.05) is 5.32 Å². The standard InChI is InChI=1S/C22H15ClFN3O4/c23-16-8-5-7-14(12-16)22(30)31-19-11-4-1-6-15(19)13-25-27-21(29)20(28)26-18-10-3-2-9-17(18)24/h1-13H,(H,26,28)(H,27,29)/b25-13+. The summed E-state index contributed by atoms with van der Waals surface area (Å²) in [5.74, 6) is -3.32. The molecule has 156 valence electrons. The Balaban J connectivity index is 1.63. The van der Waals surface area contributed by atoms with E-state index in [9.17, 15) is 18.8 Å². The molecule has 0 saturated heterocycles. The van der Waals surface area contributed by atoms with Crippen LogP contribution >= 0.6 is 11.6 Å². The van der Waals surface area contributed by atoms with Crippen LogP contribution in [0.2, 0.25) is 5.02 Å². The van der Waals surface area contributed by atoms with E-state index in [1.807, 2.05) is 5.43 Å². The molecule has 0 fully saturated rings. The van der Waals surface area contributed by atoms with Crippen LogP contribution in [0.5, 0.6) is 5.75 Å². The molecule has 0 aliphatic heterocycles. The van der Waals surface area contributed by atoms with E-state index in [1.165, 1.54) is 36.5 Å². The summed E-state index contributed by atoms with van der Waals surface area (Å²) in [7, 11) is 0. The Kier molecular flexibility index (Phi) is 7.08. The van der Waals surface area contributed by atoms with Gasteiger partial charge in [-0.3, -0.25) is 9.59 Å². The second-order valence-electron chi connectivity index (χ2n) is 6.07. The Labute approximate surface area is 181 Å². The molecule has 2 amide bonds. The van der Waals surface area contributed by atoms with Crippen molar-refractivity contribution in [2.45, 2.75) is 0 Å². The van der Waals surface area contributed by atoms with E-state index in [0.717, 1.165) is 6.07 Å². The molecule has 0 saturated carbocycles. The quantitative estimate of drug-likeness (QED) is 0.208. The molecule has 3 aromatic carbocycles. The summed E-state index contributed by atoms with van der Waals surface area (Å²) in [5.41, 5.74) is 2.52. The maximum Gasteiger partial charge on any atom is 0.343 e. The SMILES string of the molecule is O=C(N/N=C/c1ccccc1OC(=O)c1cccc(Cl)c1)C(=O)Nc1ccccc1F. The number of nitrogens with one attached hydrogen (secondary N) is 2. The fraction of sp³-hybridized carbons (Fsp3) is 0. The third kappa shape index (κ3) is 5.97. The predicted octanol–water partition coefficient (Wildman–Crippen LogP) is 3.79. The van der Waals surface area contributed by atoms with Crippen LogP contribution in [0.1, 0.15) is 15.9 Å². The molecule has 0 unspecified atom stereocenters. The highest BCUT2D eigenvalue weighted by molar-refractivity contribution is 6.39. The van der Waals surface area contributed by atoms with Gasteiger partial charge in [-0.1, -0.05) is 41.9 Å². The predicted molar refractivity (Wildman–Crippen MR) is 114 cm³/mol. The largest absolute Gasteiger partial charge is 0.422 e. The number of para-hydroxylation sites is 2. The average molecular weight is 440 g/mol. The summed E-state index contributed by atoms with van der Waals surface area (Å²) in [4.78, 5) is 36.0. The molecule has 7 nitrogen and oxygen atoms in total. The molecular weight excluding hydrogens is 425 g/mol. The first-order chi connectivity index (χ1) is 14.9. The summed E-state index contributed by atoms with van der Waals surface area (Å²) < 4.78 is 18.9. The molecule has 0 aromatic heterocycles. The zero-order valence-electron chi connectivity index (χ0n) is 15.8. The first-order valence-electron chi connectivity index (χ1n) is 8.90. The van der Waals surface area contributed by atoms with Gasteiger partial charge in [0.2, 0.25) is 0 Å². The van der Waals surface area contributed by atoms with E-state index < -0.39 is 23.6 Å². The lowest BCUT2D eigenvalue weighted by atomic mass is 10.2. The topological polar surface area (TPSA) is 96.9 Å². The minimum absolute atomic E-state index is 0.134. The van der Waals surface area contributed by atoms with Gasteiger partial charge in [0.25, 0.3) is 0 Å². The Hall–Kier alpha value is -4.04. The number of anilines is 1. The first-order valence-corrected chi connectivity index (χ1v) is 9.27. The van der Waals surface area contributed by atoms with Crippen LogP contribution in [0.3, 0.4) is 0 Å². The number of hydrazone groups is 1.